The molecule has 0 amide bonds. The van der Waals surface area contributed by atoms with Crippen LogP contribution in [0.4, 0.5) is 0 Å². The summed E-state index contributed by atoms with van der Waals surface area (Å²) in [5.41, 5.74) is 1.38. The van der Waals surface area contributed by atoms with Crippen molar-refractivity contribution in [1.82, 2.24) is 5.01 Å². The Morgan fingerprint density at radius 3 is 2.83 bits per heavy atom. The van der Waals surface area contributed by atoms with Crippen LogP contribution in [0.15, 0.2) is 16.6 Å². The summed E-state index contributed by atoms with van der Waals surface area (Å²) in [6.07, 6.45) is 3.20. The number of nitrogens with zero attached hydrogens (tertiary/aromatic N) is 2. The summed E-state index contributed by atoms with van der Waals surface area (Å²) in [5, 5.41) is 1.71. The van der Waals surface area contributed by atoms with Crippen LogP contribution in [-0.4, -0.2) is 23.4 Å². The van der Waals surface area contributed by atoms with E-state index in [2.05, 4.69) is 24.9 Å². The molecule has 1 heterocycles. The van der Waals surface area contributed by atoms with E-state index in [1.54, 1.807) is 5.01 Å². The number of allylic oxidation sites excluding steroid dienone is 1. The minimum absolute atomic E-state index is 0.296. The van der Waals surface area contributed by atoms with Crippen LogP contribution in [0.5, 0.6) is 0 Å². The quantitative estimate of drug-likeness (QED) is 0.498. The largest absolute Gasteiger partial charge is 0.296 e. The standard InChI is InChI=1S/C9H17N3/c1-4-8(5-2)9-6-12(10)7(3)11-9/h4,9H,5-6,10H2,1-3H3/b8-4+. The van der Waals surface area contributed by atoms with E-state index in [-0.39, 0.29) is 0 Å². The van der Waals surface area contributed by atoms with Crippen molar-refractivity contribution in [3.05, 3.63) is 11.6 Å². The lowest BCUT2D eigenvalue weighted by atomic mass is 10.1. The van der Waals surface area contributed by atoms with Gasteiger partial charge in [-0.3, -0.25) is 10.0 Å². The van der Waals surface area contributed by atoms with Crippen molar-refractivity contribution in [2.24, 2.45) is 10.8 Å². The molecule has 1 rings (SSSR count). The van der Waals surface area contributed by atoms with Crippen LogP contribution < -0.4 is 5.84 Å². The molecule has 0 aromatic carbocycles. The topological polar surface area (TPSA) is 41.6 Å². The lowest BCUT2D eigenvalue weighted by molar-refractivity contribution is 0.454. The van der Waals surface area contributed by atoms with Gasteiger partial charge in [-0.25, -0.2) is 5.84 Å². The van der Waals surface area contributed by atoms with Crippen LogP contribution in [0, 0.1) is 0 Å². The summed E-state index contributed by atoms with van der Waals surface area (Å²) in [6, 6.07) is 0.296. The van der Waals surface area contributed by atoms with Gasteiger partial charge in [0.2, 0.25) is 0 Å². The monoisotopic (exact) mass is 167 g/mol. The number of hydrazine groups is 1. The van der Waals surface area contributed by atoms with E-state index in [4.69, 9.17) is 5.84 Å². The molecule has 1 aliphatic heterocycles. The molecule has 0 aliphatic carbocycles. The summed E-state index contributed by atoms with van der Waals surface area (Å²) in [7, 11) is 0. The molecule has 0 bridgehead atoms. The predicted octanol–water partition coefficient (Wildman–Crippen LogP) is 1.32. The lowest BCUT2D eigenvalue weighted by Crippen LogP contribution is -2.34. The molecule has 0 aromatic heterocycles. The molecule has 0 aromatic rings. The molecule has 1 atom stereocenters. The highest BCUT2D eigenvalue weighted by molar-refractivity contribution is 5.81. The number of amidine groups is 1. The molecule has 3 heteroatoms. The average molecular weight is 167 g/mol. The first-order chi connectivity index (χ1) is 5.69. The molecule has 68 valence electrons. The third-order valence-electron chi connectivity index (χ3n) is 2.34. The van der Waals surface area contributed by atoms with Gasteiger partial charge in [-0.2, -0.15) is 0 Å². The highest BCUT2D eigenvalue weighted by atomic mass is 15.5. The minimum Gasteiger partial charge on any atom is -0.296 e. The van der Waals surface area contributed by atoms with Gasteiger partial charge in [0.05, 0.1) is 12.6 Å². The Bertz CT molecular complexity index is 218. The van der Waals surface area contributed by atoms with Crippen molar-refractivity contribution < 1.29 is 0 Å². The summed E-state index contributed by atoms with van der Waals surface area (Å²) in [6.45, 7) is 6.99. The highest BCUT2D eigenvalue weighted by Gasteiger charge is 2.21. The Labute approximate surface area is 73.9 Å². The number of hydrogen-bond acceptors (Lipinski definition) is 3. The first-order valence-electron chi connectivity index (χ1n) is 4.40. The van der Waals surface area contributed by atoms with E-state index < -0.39 is 0 Å². The Kier molecular flexibility index (Phi) is 2.87. The molecule has 2 N–H and O–H groups in total. The van der Waals surface area contributed by atoms with E-state index in [9.17, 15) is 0 Å². The molecular weight excluding hydrogens is 150 g/mol. The fraction of sp³-hybridized carbons (Fsp3) is 0.667. The van der Waals surface area contributed by atoms with Crippen LogP contribution in [0.25, 0.3) is 0 Å². The second-order valence-corrected chi connectivity index (χ2v) is 3.06. The zero-order chi connectivity index (χ0) is 9.14. The Hall–Kier alpha value is -0.830. The van der Waals surface area contributed by atoms with Crippen LogP contribution in [-0.2, 0) is 0 Å². The van der Waals surface area contributed by atoms with Gasteiger partial charge >= 0.3 is 0 Å². The van der Waals surface area contributed by atoms with Crippen molar-refractivity contribution in [3.63, 3.8) is 0 Å². The van der Waals surface area contributed by atoms with Gasteiger partial charge in [0.15, 0.2) is 0 Å². The van der Waals surface area contributed by atoms with Gasteiger partial charge < -0.3 is 0 Å². The SMILES string of the molecule is C/C=C(\CC)C1CN(N)C(C)=N1. The summed E-state index contributed by atoms with van der Waals surface area (Å²) >= 11 is 0. The molecule has 0 saturated carbocycles. The van der Waals surface area contributed by atoms with Gasteiger partial charge in [0.1, 0.15) is 5.84 Å². The zero-order valence-corrected chi connectivity index (χ0v) is 8.04. The molecule has 12 heavy (non-hydrogen) atoms. The second kappa shape index (κ2) is 3.72. The first kappa shape index (κ1) is 9.26. The molecule has 3 nitrogen and oxygen atoms in total. The van der Waals surface area contributed by atoms with Gasteiger partial charge in [-0.15, -0.1) is 0 Å². The molecule has 0 saturated heterocycles. The lowest BCUT2D eigenvalue weighted by Gasteiger charge is -2.12. The Morgan fingerprint density at radius 2 is 2.50 bits per heavy atom. The van der Waals surface area contributed by atoms with Crippen LogP contribution in [0.2, 0.25) is 0 Å². The smallest absolute Gasteiger partial charge is 0.111 e. The van der Waals surface area contributed by atoms with Crippen molar-refractivity contribution in [2.75, 3.05) is 6.54 Å². The third kappa shape index (κ3) is 1.67. The Balaban J connectivity index is 2.69. The second-order valence-electron chi connectivity index (χ2n) is 3.06. The van der Waals surface area contributed by atoms with E-state index in [1.165, 1.54) is 5.57 Å². The molecule has 1 unspecified atom stereocenters. The van der Waals surface area contributed by atoms with Crippen LogP contribution >= 0.6 is 0 Å². The van der Waals surface area contributed by atoms with E-state index in [0.29, 0.717) is 6.04 Å². The maximum Gasteiger partial charge on any atom is 0.111 e. The minimum atomic E-state index is 0.296. The van der Waals surface area contributed by atoms with Crippen molar-refractivity contribution in [1.29, 1.82) is 0 Å². The van der Waals surface area contributed by atoms with Gasteiger partial charge in [0.25, 0.3) is 0 Å². The van der Waals surface area contributed by atoms with E-state index in [0.717, 1.165) is 18.8 Å². The molecule has 0 radical (unpaired) electrons. The van der Waals surface area contributed by atoms with Gasteiger partial charge in [0, 0.05) is 0 Å². The highest BCUT2D eigenvalue weighted by Crippen LogP contribution is 2.16. The number of nitrogens with two attached hydrogens (primary N) is 1. The van der Waals surface area contributed by atoms with Crippen LogP contribution in [0.3, 0.4) is 0 Å². The molecule has 1 aliphatic rings. The normalized spacial score (nSPS) is 24.7. The fourth-order valence-electron chi connectivity index (χ4n) is 1.49. The van der Waals surface area contributed by atoms with Crippen molar-refractivity contribution in [2.45, 2.75) is 33.2 Å². The fourth-order valence-corrected chi connectivity index (χ4v) is 1.49. The molecule has 0 fully saturated rings. The average Bonchev–Trinajstić information content (AvgIpc) is 2.35. The Morgan fingerprint density at radius 1 is 1.83 bits per heavy atom. The number of hydrogen-bond donors (Lipinski definition) is 1. The summed E-state index contributed by atoms with van der Waals surface area (Å²) in [5.74, 6) is 6.63. The zero-order valence-electron chi connectivity index (χ0n) is 8.04. The van der Waals surface area contributed by atoms with E-state index in [1.807, 2.05) is 6.92 Å². The van der Waals surface area contributed by atoms with E-state index >= 15 is 0 Å². The van der Waals surface area contributed by atoms with Gasteiger partial charge in [-0.1, -0.05) is 13.0 Å². The maximum atomic E-state index is 5.69. The maximum absolute atomic E-state index is 5.69. The van der Waals surface area contributed by atoms with Crippen molar-refractivity contribution >= 4 is 5.84 Å². The van der Waals surface area contributed by atoms with Crippen LogP contribution in [0.1, 0.15) is 27.2 Å². The number of aliphatic imine (C=N–C) groups is 1. The van der Waals surface area contributed by atoms with Crippen molar-refractivity contribution in [3.8, 4) is 0 Å². The predicted molar refractivity (Wildman–Crippen MR) is 51.8 cm³/mol. The third-order valence-corrected chi connectivity index (χ3v) is 2.34. The molecule has 0 spiro atoms. The number of rotatable bonds is 2. The first-order valence-corrected chi connectivity index (χ1v) is 4.40. The molecular formula is C9H17N3. The summed E-state index contributed by atoms with van der Waals surface area (Å²) < 4.78 is 0. The summed E-state index contributed by atoms with van der Waals surface area (Å²) in [4.78, 5) is 4.46. The van der Waals surface area contributed by atoms with Gasteiger partial charge in [-0.05, 0) is 25.8 Å².